The van der Waals surface area contributed by atoms with Gasteiger partial charge in [-0.25, -0.2) is 9.78 Å². The molecule has 0 aromatic carbocycles. The summed E-state index contributed by atoms with van der Waals surface area (Å²) in [6.45, 7) is 18.3. The molecule has 0 radical (unpaired) electrons. The van der Waals surface area contributed by atoms with Crippen LogP contribution in [0.4, 0.5) is 0 Å². The fraction of sp³-hybridized carbons (Fsp3) is 0.632. The Morgan fingerprint density at radius 3 is 1.79 bits per heavy atom. The Balaban J connectivity index is 3.10. The molecule has 0 bridgehead atoms. The Hall–Kier alpha value is -1.42. The van der Waals surface area contributed by atoms with E-state index in [-0.39, 0.29) is 16.5 Å². The van der Waals surface area contributed by atoms with Gasteiger partial charge >= 0.3 is 5.69 Å². The summed E-state index contributed by atoms with van der Waals surface area (Å²) in [5.74, 6) is 0. The molecule has 0 spiro atoms. The summed E-state index contributed by atoms with van der Waals surface area (Å²) in [4.78, 5) is 22.0. The predicted molar refractivity (Wildman–Crippen MR) is 101 cm³/mol. The number of rotatable bonds is 0. The minimum absolute atomic E-state index is 0.213. The molecule has 24 heavy (non-hydrogen) atoms. The molecule has 0 atom stereocenters. The van der Waals surface area contributed by atoms with Crippen molar-refractivity contribution in [3.8, 4) is 0 Å². The molecule has 2 aromatic rings. The predicted octanol–water partition coefficient (Wildman–Crippen LogP) is 4.79. The second-order valence-corrected chi connectivity index (χ2v) is 9.85. The smallest absolute Gasteiger partial charge is 0.271 e. The van der Waals surface area contributed by atoms with E-state index >= 15 is 0 Å². The largest absolute Gasteiger partial charge is 0.349 e. The summed E-state index contributed by atoms with van der Waals surface area (Å²) in [6, 6.07) is 1.92. The van der Waals surface area contributed by atoms with Gasteiger partial charge in [0.1, 0.15) is 5.65 Å². The number of halogens is 1. The molecule has 0 saturated carbocycles. The van der Waals surface area contributed by atoms with E-state index in [4.69, 9.17) is 16.6 Å². The van der Waals surface area contributed by atoms with Crippen LogP contribution in [0.5, 0.6) is 0 Å². The molecule has 2 heterocycles. The first-order valence-corrected chi connectivity index (χ1v) is 8.66. The highest BCUT2D eigenvalue weighted by atomic mass is 35.5. The first-order chi connectivity index (χ1) is 10.6. The number of pyridine rings is 1. The highest BCUT2D eigenvalue weighted by Crippen LogP contribution is 2.34. The van der Waals surface area contributed by atoms with Gasteiger partial charge in [-0.15, -0.1) is 0 Å². The van der Waals surface area contributed by atoms with Crippen molar-refractivity contribution in [2.24, 2.45) is 0 Å². The fourth-order valence-electron chi connectivity index (χ4n) is 2.82. The molecular formula is C19H28ClN3O. The average Bonchev–Trinajstić information content (AvgIpc) is 2.33. The molecule has 4 nitrogen and oxygen atoms in total. The van der Waals surface area contributed by atoms with Crippen molar-refractivity contribution in [2.75, 3.05) is 0 Å². The van der Waals surface area contributed by atoms with E-state index in [1.165, 1.54) is 0 Å². The van der Waals surface area contributed by atoms with Gasteiger partial charge in [-0.05, 0) is 26.8 Å². The lowest BCUT2D eigenvalue weighted by Gasteiger charge is -2.28. The third kappa shape index (κ3) is 3.34. The van der Waals surface area contributed by atoms with Gasteiger partial charge in [0.15, 0.2) is 0 Å². The number of aromatic nitrogens is 3. The van der Waals surface area contributed by atoms with Crippen molar-refractivity contribution in [1.29, 1.82) is 0 Å². The summed E-state index contributed by atoms with van der Waals surface area (Å²) in [7, 11) is 0. The normalized spacial score (nSPS) is 13.6. The van der Waals surface area contributed by atoms with Gasteiger partial charge in [-0.3, -0.25) is 4.57 Å². The quantitative estimate of drug-likeness (QED) is 0.686. The molecule has 2 aromatic heterocycles. The van der Waals surface area contributed by atoms with Gasteiger partial charge in [0.05, 0.1) is 16.4 Å². The topological polar surface area (TPSA) is 47.8 Å². The molecule has 0 aliphatic heterocycles. The SMILES string of the molecule is CC(C)(C)c1nc2c(cc1Cl)c(C(C)(C)C)nc(=O)n2C(C)(C)C. The number of fused-ring (bicyclic) bond motifs is 1. The van der Waals surface area contributed by atoms with Crippen LogP contribution in [0.3, 0.4) is 0 Å². The molecule has 0 unspecified atom stereocenters. The van der Waals surface area contributed by atoms with Crippen LogP contribution in [0.1, 0.15) is 73.7 Å². The molecular weight excluding hydrogens is 322 g/mol. The summed E-state index contributed by atoms with van der Waals surface area (Å²) in [6.07, 6.45) is 0. The summed E-state index contributed by atoms with van der Waals surface area (Å²) < 4.78 is 1.67. The third-order valence-electron chi connectivity index (χ3n) is 3.91. The van der Waals surface area contributed by atoms with Crippen LogP contribution in [0.2, 0.25) is 5.02 Å². The van der Waals surface area contributed by atoms with Crippen molar-refractivity contribution in [3.63, 3.8) is 0 Å². The molecule has 5 heteroatoms. The Labute approximate surface area is 149 Å². The first-order valence-electron chi connectivity index (χ1n) is 8.29. The van der Waals surface area contributed by atoms with E-state index in [0.29, 0.717) is 10.7 Å². The van der Waals surface area contributed by atoms with Gasteiger partial charge in [-0.2, -0.15) is 4.98 Å². The van der Waals surface area contributed by atoms with Crippen molar-refractivity contribution in [3.05, 3.63) is 33.0 Å². The Morgan fingerprint density at radius 1 is 0.875 bits per heavy atom. The number of hydrogen-bond donors (Lipinski definition) is 0. The second kappa shape index (κ2) is 5.55. The van der Waals surface area contributed by atoms with Gasteiger partial charge in [0.2, 0.25) is 0 Å². The lowest BCUT2D eigenvalue weighted by Crippen LogP contribution is -2.38. The summed E-state index contributed by atoms with van der Waals surface area (Å²) in [5, 5.41) is 1.46. The Bertz CT molecular complexity index is 846. The molecule has 0 saturated heterocycles. The standard InChI is InChI=1S/C19H28ClN3O/c1-17(2,3)13-11-10-12(20)14(18(4,5)6)21-15(11)23(16(24)22-13)19(7,8)9/h10H,1-9H3. The number of hydrogen-bond acceptors (Lipinski definition) is 3. The average molecular weight is 350 g/mol. The van der Waals surface area contributed by atoms with Crippen LogP contribution >= 0.6 is 11.6 Å². The van der Waals surface area contributed by atoms with Gasteiger partial charge in [0, 0.05) is 21.8 Å². The van der Waals surface area contributed by atoms with E-state index in [2.05, 4.69) is 25.8 Å². The molecule has 2 rings (SSSR count). The van der Waals surface area contributed by atoms with Crippen LogP contribution in [-0.4, -0.2) is 14.5 Å². The van der Waals surface area contributed by atoms with Crippen molar-refractivity contribution in [1.82, 2.24) is 14.5 Å². The summed E-state index contributed by atoms with van der Waals surface area (Å²) in [5.41, 5.74) is 1.00. The molecule has 132 valence electrons. The molecule has 0 aliphatic rings. The van der Waals surface area contributed by atoms with Gasteiger partial charge < -0.3 is 0 Å². The van der Waals surface area contributed by atoms with Crippen LogP contribution in [0.25, 0.3) is 11.0 Å². The first kappa shape index (κ1) is 18.9. The van der Waals surface area contributed by atoms with Crippen LogP contribution in [0.15, 0.2) is 10.9 Å². The summed E-state index contributed by atoms with van der Waals surface area (Å²) >= 11 is 6.54. The maximum atomic E-state index is 12.8. The van der Waals surface area contributed by atoms with E-state index in [1.807, 2.05) is 47.6 Å². The zero-order chi connectivity index (χ0) is 18.7. The highest BCUT2D eigenvalue weighted by Gasteiger charge is 2.29. The van der Waals surface area contributed by atoms with E-state index < -0.39 is 5.54 Å². The molecule has 0 N–H and O–H groups in total. The highest BCUT2D eigenvalue weighted by molar-refractivity contribution is 6.32. The lowest BCUT2D eigenvalue weighted by molar-refractivity contribution is 0.385. The van der Waals surface area contributed by atoms with E-state index in [0.717, 1.165) is 16.8 Å². The lowest BCUT2D eigenvalue weighted by atomic mass is 9.88. The zero-order valence-corrected chi connectivity index (χ0v) is 17.0. The van der Waals surface area contributed by atoms with Crippen LogP contribution < -0.4 is 5.69 Å². The van der Waals surface area contributed by atoms with E-state index in [9.17, 15) is 4.79 Å². The fourth-order valence-corrected chi connectivity index (χ4v) is 3.26. The van der Waals surface area contributed by atoms with Crippen LogP contribution in [0, 0.1) is 0 Å². The van der Waals surface area contributed by atoms with Crippen molar-refractivity contribution in [2.45, 2.75) is 78.7 Å². The Morgan fingerprint density at radius 2 is 1.38 bits per heavy atom. The van der Waals surface area contributed by atoms with Crippen molar-refractivity contribution < 1.29 is 0 Å². The van der Waals surface area contributed by atoms with Crippen molar-refractivity contribution >= 4 is 22.6 Å². The number of nitrogens with zero attached hydrogens (tertiary/aromatic N) is 3. The van der Waals surface area contributed by atoms with E-state index in [1.54, 1.807) is 4.57 Å². The van der Waals surface area contributed by atoms with Crippen LogP contribution in [-0.2, 0) is 16.4 Å². The molecule has 0 fully saturated rings. The minimum atomic E-state index is -0.422. The Kier molecular flexibility index (Phi) is 4.37. The third-order valence-corrected chi connectivity index (χ3v) is 4.20. The van der Waals surface area contributed by atoms with Gasteiger partial charge in [0.25, 0.3) is 0 Å². The zero-order valence-electron chi connectivity index (χ0n) is 16.2. The maximum Gasteiger partial charge on any atom is 0.349 e. The van der Waals surface area contributed by atoms with Gasteiger partial charge in [-0.1, -0.05) is 53.1 Å². The maximum absolute atomic E-state index is 12.8. The second-order valence-electron chi connectivity index (χ2n) is 9.44. The minimum Gasteiger partial charge on any atom is -0.271 e. The molecule has 0 aliphatic carbocycles. The molecule has 0 amide bonds. The monoisotopic (exact) mass is 349 g/mol.